The van der Waals surface area contributed by atoms with E-state index < -0.39 is 28.9 Å². The molecule has 1 fully saturated rings. The first-order chi connectivity index (χ1) is 13.8. The number of carbonyl (C=O) groups is 1. The highest BCUT2D eigenvalue weighted by molar-refractivity contribution is 5.95. The zero-order valence-corrected chi connectivity index (χ0v) is 15.4. The first kappa shape index (κ1) is 20.3. The number of carbonyl (C=O) groups excluding carboxylic acids is 1. The zero-order valence-electron chi connectivity index (χ0n) is 15.4. The number of aromatic hydroxyl groups is 1. The van der Waals surface area contributed by atoms with Crippen LogP contribution in [0, 0.1) is 10.1 Å². The molecule has 0 radical (unpaired) electrons. The van der Waals surface area contributed by atoms with Crippen LogP contribution in [0.1, 0.15) is 28.8 Å². The topological polar surface area (TPSA) is 102 Å². The minimum atomic E-state index is -2.99. The van der Waals surface area contributed by atoms with E-state index in [1.807, 2.05) is 0 Å². The van der Waals surface area contributed by atoms with Crippen LogP contribution in [0.5, 0.6) is 17.2 Å². The summed E-state index contributed by atoms with van der Waals surface area (Å²) in [6.45, 7) is -2.82. The fourth-order valence-corrected chi connectivity index (χ4v) is 2.93. The van der Waals surface area contributed by atoms with Crippen molar-refractivity contribution in [2.75, 3.05) is 7.11 Å². The summed E-state index contributed by atoms with van der Waals surface area (Å²) in [5.41, 5.74) is 0.262. The van der Waals surface area contributed by atoms with E-state index in [0.29, 0.717) is 5.56 Å². The second-order valence-corrected chi connectivity index (χ2v) is 6.49. The van der Waals surface area contributed by atoms with Crippen molar-refractivity contribution in [3.05, 3.63) is 57.6 Å². The number of methoxy groups -OCH3 is 1. The monoisotopic (exact) mass is 408 g/mol. The molecule has 0 unspecified atom stereocenters. The molecule has 0 bridgehead atoms. The maximum atomic E-state index is 12.9. The van der Waals surface area contributed by atoms with Gasteiger partial charge in [0, 0.05) is 24.2 Å². The molecule has 0 saturated heterocycles. The summed E-state index contributed by atoms with van der Waals surface area (Å²) >= 11 is 0. The lowest BCUT2D eigenvalue weighted by molar-refractivity contribution is -0.385. The van der Waals surface area contributed by atoms with Crippen LogP contribution in [0.25, 0.3) is 0 Å². The van der Waals surface area contributed by atoms with Crippen LogP contribution < -0.4 is 9.47 Å². The van der Waals surface area contributed by atoms with E-state index in [-0.39, 0.29) is 29.6 Å². The van der Waals surface area contributed by atoms with Crippen LogP contribution >= 0.6 is 0 Å². The number of amides is 1. The van der Waals surface area contributed by atoms with Crippen LogP contribution in [0.3, 0.4) is 0 Å². The van der Waals surface area contributed by atoms with Crippen LogP contribution in [-0.2, 0) is 6.54 Å². The van der Waals surface area contributed by atoms with Crippen LogP contribution in [0.15, 0.2) is 36.4 Å². The second kappa shape index (κ2) is 8.29. The predicted molar refractivity (Wildman–Crippen MR) is 97.3 cm³/mol. The number of rotatable bonds is 8. The third kappa shape index (κ3) is 4.71. The lowest BCUT2D eigenvalue weighted by Crippen LogP contribution is -2.32. The van der Waals surface area contributed by atoms with E-state index in [4.69, 9.17) is 4.74 Å². The Morgan fingerprint density at radius 1 is 1.28 bits per heavy atom. The molecule has 1 amide bonds. The van der Waals surface area contributed by atoms with Gasteiger partial charge in [-0.2, -0.15) is 8.78 Å². The Labute approximate surface area is 164 Å². The molecule has 10 heteroatoms. The van der Waals surface area contributed by atoms with Crippen molar-refractivity contribution in [1.82, 2.24) is 4.90 Å². The quantitative estimate of drug-likeness (QED) is 0.528. The minimum absolute atomic E-state index is 0.0113. The van der Waals surface area contributed by atoms with Crippen molar-refractivity contribution in [3.63, 3.8) is 0 Å². The summed E-state index contributed by atoms with van der Waals surface area (Å²) in [5, 5.41) is 20.6. The molecule has 8 nitrogen and oxygen atoms in total. The maximum Gasteiger partial charge on any atom is 0.387 e. The summed E-state index contributed by atoms with van der Waals surface area (Å²) in [6, 6.07) is 7.82. The first-order valence-corrected chi connectivity index (χ1v) is 8.70. The summed E-state index contributed by atoms with van der Waals surface area (Å²) in [5.74, 6) is -0.994. The van der Waals surface area contributed by atoms with E-state index in [1.54, 1.807) is 11.0 Å². The van der Waals surface area contributed by atoms with E-state index in [9.17, 15) is 28.8 Å². The Morgan fingerprint density at radius 2 is 2.00 bits per heavy atom. The summed E-state index contributed by atoms with van der Waals surface area (Å²) in [7, 11) is 1.32. The molecule has 1 N–H and O–H groups in total. The molecule has 29 heavy (non-hydrogen) atoms. The Morgan fingerprint density at radius 3 is 2.55 bits per heavy atom. The fourth-order valence-electron chi connectivity index (χ4n) is 2.93. The van der Waals surface area contributed by atoms with Gasteiger partial charge in [0.1, 0.15) is 0 Å². The van der Waals surface area contributed by atoms with Gasteiger partial charge in [-0.15, -0.1) is 0 Å². The Hall–Kier alpha value is -3.43. The molecule has 1 saturated carbocycles. The molecule has 0 spiro atoms. The van der Waals surface area contributed by atoms with Gasteiger partial charge in [0.15, 0.2) is 17.2 Å². The van der Waals surface area contributed by atoms with Crippen molar-refractivity contribution in [2.45, 2.75) is 32.0 Å². The van der Waals surface area contributed by atoms with Gasteiger partial charge >= 0.3 is 12.3 Å². The first-order valence-electron chi connectivity index (χ1n) is 8.70. The third-order valence-electron chi connectivity index (χ3n) is 4.46. The number of phenols is 1. The molecule has 2 aromatic carbocycles. The number of hydrogen-bond donors (Lipinski definition) is 1. The molecular weight excluding hydrogens is 390 g/mol. The summed E-state index contributed by atoms with van der Waals surface area (Å²) in [4.78, 5) is 24.6. The van der Waals surface area contributed by atoms with E-state index in [0.717, 1.165) is 25.0 Å². The van der Waals surface area contributed by atoms with Gasteiger partial charge in [0.2, 0.25) is 0 Å². The lowest BCUT2D eigenvalue weighted by atomic mass is 10.1. The summed E-state index contributed by atoms with van der Waals surface area (Å²) in [6.07, 6.45) is 1.60. The zero-order chi connectivity index (χ0) is 21.1. The van der Waals surface area contributed by atoms with Crippen molar-refractivity contribution in [3.8, 4) is 17.2 Å². The number of alkyl halides is 2. The van der Waals surface area contributed by atoms with E-state index in [2.05, 4.69) is 4.74 Å². The van der Waals surface area contributed by atoms with Crippen LogP contribution in [-0.4, -0.2) is 40.6 Å². The largest absolute Gasteiger partial charge is 0.502 e. The van der Waals surface area contributed by atoms with Crippen molar-refractivity contribution in [1.29, 1.82) is 0 Å². The molecule has 1 aliphatic carbocycles. The van der Waals surface area contributed by atoms with Gasteiger partial charge in [-0.1, -0.05) is 6.07 Å². The van der Waals surface area contributed by atoms with Crippen molar-refractivity contribution < 1.29 is 33.1 Å². The minimum Gasteiger partial charge on any atom is -0.502 e. The number of hydrogen-bond acceptors (Lipinski definition) is 6. The van der Waals surface area contributed by atoms with E-state index in [1.165, 1.54) is 25.3 Å². The number of halogens is 2. The molecule has 2 aromatic rings. The Bertz CT molecular complexity index is 933. The SMILES string of the molecule is COc1cc(CN(C(=O)c2ccc([N+](=O)[O-])c(O)c2)C2CC2)ccc1OC(F)F. The highest BCUT2D eigenvalue weighted by atomic mass is 19.3. The number of nitrogens with zero attached hydrogens (tertiary/aromatic N) is 2. The molecule has 3 rings (SSSR count). The molecule has 0 atom stereocenters. The second-order valence-electron chi connectivity index (χ2n) is 6.49. The smallest absolute Gasteiger partial charge is 0.387 e. The number of benzene rings is 2. The van der Waals surface area contributed by atoms with Crippen LogP contribution in [0.4, 0.5) is 14.5 Å². The number of ether oxygens (including phenoxy) is 2. The highest BCUT2D eigenvalue weighted by Crippen LogP contribution is 2.34. The summed E-state index contributed by atoms with van der Waals surface area (Å²) < 4.78 is 34.4. The number of phenolic OH excluding ortho intramolecular Hbond substituents is 1. The average Bonchev–Trinajstić information content (AvgIpc) is 3.50. The molecule has 0 heterocycles. The van der Waals surface area contributed by atoms with Gasteiger partial charge in [-0.25, -0.2) is 0 Å². The molecule has 0 aliphatic heterocycles. The third-order valence-corrected chi connectivity index (χ3v) is 4.46. The standard InChI is InChI=1S/C19H18F2N2O6/c1-28-17-8-11(2-7-16(17)29-19(20)21)10-22(13-4-5-13)18(25)12-3-6-14(23(26)27)15(24)9-12/h2-3,6-9,13,19,24H,4-5,10H2,1H3. The van der Waals surface area contributed by atoms with Crippen molar-refractivity contribution >= 4 is 11.6 Å². The maximum absolute atomic E-state index is 12.9. The lowest BCUT2D eigenvalue weighted by Gasteiger charge is -2.23. The normalized spacial score (nSPS) is 13.2. The van der Waals surface area contributed by atoms with Gasteiger partial charge < -0.3 is 19.5 Å². The predicted octanol–water partition coefficient (Wildman–Crippen LogP) is 3.72. The Kier molecular flexibility index (Phi) is 5.81. The van der Waals surface area contributed by atoms with Crippen LogP contribution in [0.2, 0.25) is 0 Å². The van der Waals surface area contributed by atoms with Crippen molar-refractivity contribution in [2.24, 2.45) is 0 Å². The number of nitro benzene ring substituents is 1. The molecule has 0 aromatic heterocycles. The molecule has 154 valence electrons. The van der Waals surface area contributed by atoms with Gasteiger partial charge in [-0.3, -0.25) is 14.9 Å². The Balaban J connectivity index is 1.83. The molecule has 1 aliphatic rings. The fraction of sp³-hybridized carbons (Fsp3) is 0.316. The van der Waals surface area contributed by atoms with E-state index >= 15 is 0 Å². The van der Waals surface area contributed by atoms with Gasteiger partial charge in [-0.05, 0) is 42.7 Å². The average molecular weight is 408 g/mol. The number of nitro groups is 1. The van der Waals surface area contributed by atoms with Gasteiger partial charge in [0.25, 0.3) is 5.91 Å². The molecular formula is C19H18F2N2O6. The highest BCUT2D eigenvalue weighted by Gasteiger charge is 2.34. The van der Waals surface area contributed by atoms with Gasteiger partial charge in [0.05, 0.1) is 12.0 Å².